The van der Waals surface area contributed by atoms with Gasteiger partial charge in [-0.15, -0.1) is 0 Å². The van der Waals surface area contributed by atoms with Gasteiger partial charge in [0, 0.05) is 18.1 Å². The second-order valence-corrected chi connectivity index (χ2v) is 6.57. The summed E-state index contributed by atoms with van der Waals surface area (Å²) in [7, 11) is 0. The van der Waals surface area contributed by atoms with E-state index in [9.17, 15) is 4.79 Å². The van der Waals surface area contributed by atoms with Crippen molar-refractivity contribution in [3.05, 3.63) is 45.8 Å². The molecule has 22 heavy (non-hydrogen) atoms. The van der Waals surface area contributed by atoms with Crippen LogP contribution in [-0.4, -0.2) is 23.9 Å². The quantitative estimate of drug-likeness (QED) is 0.681. The van der Waals surface area contributed by atoms with Gasteiger partial charge in [-0.05, 0) is 36.6 Å². The van der Waals surface area contributed by atoms with E-state index in [-0.39, 0.29) is 5.78 Å². The highest BCUT2D eigenvalue weighted by Gasteiger charge is 2.20. The molecule has 0 atom stereocenters. The van der Waals surface area contributed by atoms with Crippen LogP contribution in [0.25, 0.3) is 6.08 Å². The highest BCUT2D eigenvalue weighted by molar-refractivity contribution is 7.18. The Morgan fingerprint density at radius 1 is 1.27 bits per heavy atom. The van der Waals surface area contributed by atoms with E-state index >= 15 is 0 Å². The van der Waals surface area contributed by atoms with Crippen molar-refractivity contribution in [1.82, 2.24) is 4.98 Å². The molecule has 4 nitrogen and oxygen atoms in total. The van der Waals surface area contributed by atoms with Crippen LogP contribution in [0.1, 0.15) is 28.1 Å². The van der Waals surface area contributed by atoms with Crippen molar-refractivity contribution in [2.45, 2.75) is 12.8 Å². The van der Waals surface area contributed by atoms with Gasteiger partial charge in [-0.25, -0.2) is 4.98 Å². The van der Waals surface area contributed by atoms with Gasteiger partial charge in [0.1, 0.15) is 10.7 Å². The largest absolute Gasteiger partial charge is 0.382 e. The van der Waals surface area contributed by atoms with Crippen molar-refractivity contribution < 1.29 is 4.79 Å². The van der Waals surface area contributed by atoms with Gasteiger partial charge in [-0.2, -0.15) is 0 Å². The van der Waals surface area contributed by atoms with Crippen molar-refractivity contribution >= 4 is 45.7 Å². The SMILES string of the molecule is Nc1nc(N2CCCC2)sc1C(=O)/C=C/c1ccc(Cl)cc1. The number of aromatic nitrogens is 1. The number of hydrogen-bond acceptors (Lipinski definition) is 5. The molecule has 6 heteroatoms. The number of nitrogen functional groups attached to an aromatic ring is 1. The Hall–Kier alpha value is -1.85. The summed E-state index contributed by atoms with van der Waals surface area (Å²) < 4.78 is 0. The lowest BCUT2D eigenvalue weighted by atomic mass is 10.2. The van der Waals surface area contributed by atoms with E-state index in [0.717, 1.165) is 23.8 Å². The molecule has 1 aliphatic rings. The van der Waals surface area contributed by atoms with Crippen molar-refractivity contribution in [3.63, 3.8) is 0 Å². The fraction of sp³-hybridized carbons (Fsp3) is 0.250. The minimum atomic E-state index is -0.115. The summed E-state index contributed by atoms with van der Waals surface area (Å²) in [6.45, 7) is 1.97. The molecular formula is C16H16ClN3OS. The summed E-state index contributed by atoms with van der Waals surface area (Å²) >= 11 is 7.21. The zero-order chi connectivity index (χ0) is 15.5. The number of thiazole rings is 1. The zero-order valence-electron chi connectivity index (χ0n) is 12.0. The second-order valence-electron chi connectivity index (χ2n) is 5.15. The van der Waals surface area contributed by atoms with Crippen LogP contribution in [0.15, 0.2) is 30.3 Å². The third kappa shape index (κ3) is 3.31. The molecule has 0 radical (unpaired) electrons. The molecule has 0 saturated carbocycles. The Labute approximate surface area is 138 Å². The Bertz CT molecular complexity index is 703. The van der Waals surface area contributed by atoms with Crippen molar-refractivity contribution in [3.8, 4) is 0 Å². The summed E-state index contributed by atoms with van der Waals surface area (Å²) in [4.78, 5) is 19.3. The van der Waals surface area contributed by atoms with E-state index in [1.807, 2.05) is 12.1 Å². The number of ketones is 1. The topological polar surface area (TPSA) is 59.2 Å². The maximum Gasteiger partial charge on any atom is 0.199 e. The number of halogens is 1. The Morgan fingerprint density at radius 3 is 2.64 bits per heavy atom. The van der Waals surface area contributed by atoms with E-state index in [0.29, 0.717) is 15.7 Å². The van der Waals surface area contributed by atoms with Crippen molar-refractivity contribution in [2.24, 2.45) is 0 Å². The van der Waals surface area contributed by atoms with Gasteiger partial charge in [0.15, 0.2) is 10.9 Å². The van der Waals surface area contributed by atoms with Crippen molar-refractivity contribution in [2.75, 3.05) is 23.7 Å². The number of nitrogens with zero attached hydrogens (tertiary/aromatic N) is 2. The van der Waals surface area contributed by atoms with Gasteiger partial charge >= 0.3 is 0 Å². The first-order chi connectivity index (χ1) is 10.6. The average molecular weight is 334 g/mol. The maximum absolute atomic E-state index is 12.3. The van der Waals surface area contributed by atoms with Gasteiger partial charge in [-0.1, -0.05) is 41.1 Å². The number of carbonyl (C=O) groups excluding carboxylic acids is 1. The molecule has 1 aromatic heterocycles. The maximum atomic E-state index is 12.3. The molecule has 1 fully saturated rings. The highest BCUT2D eigenvalue weighted by Crippen LogP contribution is 2.30. The molecule has 0 amide bonds. The molecule has 1 saturated heterocycles. The van der Waals surface area contributed by atoms with Crippen LogP contribution in [0, 0.1) is 0 Å². The van der Waals surface area contributed by atoms with Crippen LogP contribution in [0.4, 0.5) is 10.9 Å². The zero-order valence-corrected chi connectivity index (χ0v) is 13.5. The standard InChI is InChI=1S/C16H16ClN3OS/c17-12-6-3-11(4-7-12)5-8-13(21)14-15(18)19-16(22-14)20-9-1-2-10-20/h3-8H,1-2,9-10,18H2/b8-5+. The van der Waals surface area contributed by atoms with E-state index in [4.69, 9.17) is 17.3 Å². The Balaban J connectivity index is 1.75. The number of nitrogens with two attached hydrogens (primary N) is 1. The second kappa shape index (κ2) is 6.50. The summed E-state index contributed by atoms with van der Waals surface area (Å²) in [5.41, 5.74) is 6.82. The minimum absolute atomic E-state index is 0.115. The number of allylic oxidation sites excluding steroid dienone is 1. The molecule has 1 aliphatic heterocycles. The van der Waals surface area contributed by atoms with Gasteiger partial charge < -0.3 is 10.6 Å². The summed E-state index contributed by atoms with van der Waals surface area (Å²) in [5, 5.41) is 1.52. The molecule has 114 valence electrons. The highest BCUT2D eigenvalue weighted by atomic mass is 35.5. The summed E-state index contributed by atoms with van der Waals surface area (Å²) in [6, 6.07) is 7.30. The smallest absolute Gasteiger partial charge is 0.199 e. The molecule has 3 rings (SSSR count). The molecule has 0 aliphatic carbocycles. The summed E-state index contributed by atoms with van der Waals surface area (Å²) in [6.07, 6.45) is 5.62. The lowest BCUT2D eigenvalue weighted by Gasteiger charge is -2.11. The predicted octanol–water partition coefficient (Wildman–Crippen LogP) is 3.88. The van der Waals surface area contributed by atoms with Gasteiger partial charge in [0.05, 0.1) is 0 Å². The fourth-order valence-electron chi connectivity index (χ4n) is 2.36. The molecule has 0 bridgehead atoms. The third-order valence-corrected chi connectivity index (χ3v) is 4.94. The fourth-order valence-corrected chi connectivity index (χ4v) is 3.44. The molecule has 2 heterocycles. The Morgan fingerprint density at radius 2 is 1.95 bits per heavy atom. The summed E-state index contributed by atoms with van der Waals surface area (Å²) in [5.74, 6) is 0.202. The molecular weight excluding hydrogens is 318 g/mol. The number of rotatable bonds is 4. The Kier molecular flexibility index (Phi) is 4.45. The van der Waals surface area contributed by atoms with Crippen LogP contribution in [-0.2, 0) is 0 Å². The van der Waals surface area contributed by atoms with E-state index < -0.39 is 0 Å². The number of carbonyl (C=O) groups is 1. The van der Waals surface area contributed by atoms with Gasteiger partial charge in [0.2, 0.25) is 0 Å². The first kappa shape index (κ1) is 15.1. The number of anilines is 2. The van der Waals surface area contributed by atoms with Gasteiger partial charge in [-0.3, -0.25) is 4.79 Å². The number of benzene rings is 1. The van der Waals surface area contributed by atoms with Crippen LogP contribution in [0.2, 0.25) is 5.02 Å². The molecule has 2 N–H and O–H groups in total. The molecule has 0 spiro atoms. The van der Waals surface area contributed by atoms with Crippen LogP contribution in [0.3, 0.4) is 0 Å². The average Bonchev–Trinajstić information content (AvgIpc) is 3.15. The number of hydrogen-bond donors (Lipinski definition) is 1. The first-order valence-electron chi connectivity index (χ1n) is 7.13. The van der Waals surface area contributed by atoms with Crippen LogP contribution in [0.5, 0.6) is 0 Å². The lowest BCUT2D eigenvalue weighted by molar-refractivity contribution is 0.105. The first-order valence-corrected chi connectivity index (χ1v) is 8.32. The molecule has 2 aromatic rings. The van der Waals surface area contributed by atoms with Crippen LogP contribution >= 0.6 is 22.9 Å². The van der Waals surface area contributed by atoms with E-state index in [2.05, 4.69) is 9.88 Å². The monoisotopic (exact) mass is 333 g/mol. The minimum Gasteiger partial charge on any atom is -0.382 e. The van der Waals surface area contributed by atoms with Gasteiger partial charge in [0.25, 0.3) is 0 Å². The molecule has 1 aromatic carbocycles. The third-order valence-electron chi connectivity index (χ3n) is 3.54. The van der Waals surface area contributed by atoms with Crippen molar-refractivity contribution in [1.29, 1.82) is 0 Å². The molecule has 0 unspecified atom stereocenters. The van der Waals surface area contributed by atoms with E-state index in [1.165, 1.54) is 30.3 Å². The van der Waals surface area contributed by atoms with Crippen LogP contribution < -0.4 is 10.6 Å². The normalized spacial score (nSPS) is 14.9. The lowest BCUT2D eigenvalue weighted by Crippen LogP contribution is -2.17. The van der Waals surface area contributed by atoms with E-state index in [1.54, 1.807) is 18.2 Å². The predicted molar refractivity (Wildman–Crippen MR) is 92.8 cm³/mol.